The molecule has 1 fully saturated rings. The maximum absolute atomic E-state index is 11.9. The second kappa shape index (κ2) is 6.26. The van der Waals surface area contributed by atoms with Crippen LogP contribution in [0.4, 0.5) is 0 Å². The summed E-state index contributed by atoms with van der Waals surface area (Å²) >= 11 is 1.56. The van der Waals surface area contributed by atoms with E-state index in [4.69, 9.17) is 9.84 Å². The van der Waals surface area contributed by atoms with Crippen LogP contribution < -0.4 is 5.32 Å². The van der Waals surface area contributed by atoms with Crippen molar-refractivity contribution in [2.45, 2.75) is 37.8 Å². The van der Waals surface area contributed by atoms with Crippen molar-refractivity contribution in [1.29, 1.82) is 0 Å². The predicted octanol–water partition coefficient (Wildman–Crippen LogP) is 0.878. The zero-order valence-electron chi connectivity index (χ0n) is 10.2. The molecule has 0 aromatic rings. The Morgan fingerprint density at radius 2 is 2.29 bits per heavy atom. The van der Waals surface area contributed by atoms with Gasteiger partial charge in [-0.1, -0.05) is 0 Å². The van der Waals surface area contributed by atoms with E-state index in [2.05, 4.69) is 5.32 Å². The molecule has 5 nitrogen and oxygen atoms in total. The Morgan fingerprint density at radius 1 is 1.59 bits per heavy atom. The van der Waals surface area contributed by atoms with Gasteiger partial charge >= 0.3 is 5.97 Å². The van der Waals surface area contributed by atoms with Gasteiger partial charge in [0, 0.05) is 6.61 Å². The Bertz CT molecular complexity index is 289. The average molecular weight is 261 g/mol. The molecule has 0 aromatic heterocycles. The molecule has 1 rings (SSSR count). The summed E-state index contributed by atoms with van der Waals surface area (Å²) in [6.07, 6.45) is 3.82. The summed E-state index contributed by atoms with van der Waals surface area (Å²) in [6.45, 7) is 2.27. The number of thioether (sulfide) groups is 1. The fourth-order valence-electron chi connectivity index (χ4n) is 1.76. The van der Waals surface area contributed by atoms with E-state index in [0.717, 1.165) is 6.42 Å². The second-order valence-electron chi connectivity index (χ2n) is 4.33. The number of hydrogen-bond acceptors (Lipinski definition) is 4. The van der Waals surface area contributed by atoms with Gasteiger partial charge in [-0.2, -0.15) is 11.8 Å². The van der Waals surface area contributed by atoms with Crippen molar-refractivity contribution in [2.24, 2.45) is 0 Å². The van der Waals surface area contributed by atoms with Gasteiger partial charge in [-0.05, 0) is 38.2 Å². The van der Waals surface area contributed by atoms with Crippen molar-refractivity contribution in [3.63, 3.8) is 0 Å². The van der Waals surface area contributed by atoms with Crippen molar-refractivity contribution in [3.8, 4) is 0 Å². The molecule has 1 saturated heterocycles. The Labute approximate surface area is 105 Å². The highest BCUT2D eigenvalue weighted by atomic mass is 32.2. The van der Waals surface area contributed by atoms with Gasteiger partial charge in [0.2, 0.25) is 0 Å². The van der Waals surface area contributed by atoms with E-state index in [1.165, 1.54) is 0 Å². The van der Waals surface area contributed by atoms with Crippen molar-refractivity contribution in [2.75, 3.05) is 18.6 Å². The van der Waals surface area contributed by atoms with Crippen LogP contribution >= 0.6 is 11.8 Å². The van der Waals surface area contributed by atoms with E-state index in [0.29, 0.717) is 25.2 Å². The average Bonchev–Trinajstić information content (AvgIpc) is 2.72. The number of rotatable bonds is 6. The third kappa shape index (κ3) is 3.89. The first-order chi connectivity index (χ1) is 7.99. The van der Waals surface area contributed by atoms with Gasteiger partial charge < -0.3 is 15.2 Å². The van der Waals surface area contributed by atoms with Crippen LogP contribution in [0.3, 0.4) is 0 Å². The molecule has 1 amide bonds. The molecule has 1 aliphatic rings. The molecule has 1 unspecified atom stereocenters. The molecule has 0 aromatic carbocycles. The van der Waals surface area contributed by atoms with Gasteiger partial charge in [-0.15, -0.1) is 0 Å². The van der Waals surface area contributed by atoms with Crippen molar-refractivity contribution in [3.05, 3.63) is 0 Å². The number of amides is 1. The lowest BCUT2D eigenvalue weighted by Gasteiger charge is -2.24. The van der Waals surface area contributed by atoms with E-state index in [9.17, 15) is 9.59 Å². The van der Waals surface area contributed by atoms with Crippen LogP contribution in [0.25, 0.3) is 0 Å². The van der Waals surface area contributed by atoms with E-state index < -0.39 is 17.6 Å². The third-order valence-corrected chi connectivity index (χ3v) is 3.56. The quantitative estimate of drug-likeness (QED) is 0.742. The number of carbonyl (C=O) groups is 2. The summed E-state index contributed by atoms with van der Waals surface area (Å²) in [6, 6.07) is -0.823. The molecule has 1 heterocycles. The minimum atomic E-state index is -0.992. The lowest BCUT2D eigenvalue weighted by atomic mass is 10.0. The first kappa shape index (κ1) is 14.3. The second-order valence-corrected chi connectivity index (χ2v) is 5.31. The summed E-state index contributed by atoms with van der Waals surface area (Å²) in [5.41, 5.74) is -0.854. The Morgan fingerprint density at radius 3 is 2.76 bits per heavy atom. The third-order valence-electron chi connectivity index (χ3n) is 2.91. The molecule has 98 valence electrons. The maximum atomic E-state index is 11.9. The van der Waals surface area contributed by atoms with E-state index in [1.54, 1.807) is 18.7 Å². The van der Waals surface area contributed by atoms with Crippen molar-refractivity contribution in [1.82, 2.24) is 5.32 Å². The summed E-state index contributed by atoms with van der Waals surface area (Å²) in [7, 11) is 0. The van der Waals surface area contributed by atoms with Crippen molar-refractivity contribution >= 4 is 23.6 Å². The molecule has 17 heavy (non-hydrogen) atoms. The molecule has 1 aliphatic heterocycles. The molecule has 2 N–H and O–H groups in total. The molecule has 0 aliphatic carbocycles. The standard InChI is InChI=1S/C11H19NO4S/c1-11(5-3-6-16-11)10(15)12-8(9(13)14)4-7-17-2/h8H,3-7H2,1-2H3,(H,12,15)(H,13,14)/t8-,11?/m1/s1. The molecule has 0 radical (unpaired) electrons. The number of nitrogens with one attached hydrogen (secondary N) is 1. The maximum Gasteiger partial charge on any atom is 0.326 e. The SMILES string of the molecule is CSCC[C@@H](NC(=O)C1(C)CCCO1)C(=O)O. The Kier molecular flexibility index (Phi) is 5.27. The summed E-state index contributed by atoms with van der Waals surface area (Å²) in [5.74, 6) is -0.605. The van der Waals surface area contributed by atoms with Crippen LogP contribution in [0.15, 0.2) is 0 Å². The zero-order valence-corrected chi connectivity index (χ0v) is 11.0. The lowest BCUT2D eigenvalue weighted by Crippen LogP contribution is -2.50. The summed E-state index contributed by atoms with van der Waals surface area (Å²) in [5, 5.41) is 11.6. The smallest absolute Gasteiger partial charge is 0.326 e. The fourth-order valence-corrected chi connectivity index (χ4v) is 2.23. The summed E-state index contributed by atoms with van der Waals surface area (Å²) < 4.78 is 5.38. The minimum Gasteiger partial charge on any atom is -0.480 e. The predicted molar refractivity (Wildman–Crippen MR) is 66.2 cm³/mol. The molecule has 6 heteroatoms. The van der Waals surface area contributed by atoms with E-state index in [-0.39, 0.29) is 5.91 Å². The minimum absolute atomic E-state index is 0.316. The lowest BCUT2D eigenvalue weighted by molar-refractivity contribution is -0.147. The number of ether oxygens (including phenoxy) is 1. The van der Waals surface area contributed by atoms with E-state index in [1.807, 2.05) is 6.26 Å². The number of carbonyl (C=O) groups excluding carboxylic acids is 1. The number of aliphatic carboxylic acids is 1. The highest BCUT2D eigenvalue weighted by molar-refractivity contribution is 7.98. The van der Waals surface area contributed by atoms with Crippen LogP contribution in [0, 0.1) is 0 Å². The Hall–Kier alpha value is -0.750. The van der Waals surface area contributed by atoms with Crippen LogP contribution in [-0.4, -0.2) is 47.2 Å². The first-order valence-corrected chi connectivity index (χ1v) is 7.05. The molecular formula is C11H19NO4S. The normalized spacial score (nSPS) is 25.5. The Balaban J connectivity index is 2.54. The monoisotopic (exact) mass is 261 g/mol. The highest BCUT2D eigenvalue weighted by Gasteiger charge is 2.39. The van der Waals surface area contributed by atoms with Gasteiger partial charge in [-0.25, -0.2) is 4.79 Å². The molecule has 0 saturated carbocycles. The number of carboxylic acid groups (broad SMARTS) is 1. The van der Waals surface area contributed by atoms with Gasteiger partial charge in [-0.3, -0.25) is 4.79 Å². The van der Waals surface area contributed by atoms with E-state index >= 15 is 0 Å². The van der Waals surface area contributed by atoms with Gasteiger partial charge in [0.05, 0.1) is 0 Å². The molecule has 2 atom stereocenters. The largest absolute Gasteiger partial charge is 0.480 e. The van der Waals surface area contributed by atoms with Gasteiger partial charge in [0.15, 0.2) is 0 Å². The number of carboxylic acids is 1. The summed E-state index contributed by atoms with van der Waals surface area (Å²) in [4.78, 5) is 22.9. The first-order valence-electron chi connectivity index (χ1n) is 5.66. The number of hydrogen-bond donors (Lipinski definition) is 2. The van der Waals surface area contributed by atoms with Crippen LogP contribution in [0.2, 0.25) is 0 Å². The fraction of sp³-hybridized carbons (Fsp3) is 0.818. The van der Waals surface area contributed by atoms with Crippen LogP contribution in [0.1, 0.15) is 26.2 Å². The van der Waals surface area contributed by atoms with Crippen molar-refractivity contribution < 1.29 is 19.4 Å². The zero-order chi connectivity index (χ0) is 12.9. The topological polar surface area (TPSA) is 75.6 Å². The van der Waals surface area contributed by atoms with Gasteiger partial charge in [0.25, 0.3) is 5.91 Å². The molecule has 0 bridgehead atoms. The van der Waals surface area contributed by atoms with Gasteiger partial charge in [0.1, 0.15) is 11.6 Å². The highest BCUT2D eigenvalue weighted by Crippen LogP contribution is 2.25. The van der Waals surface area contributed by atoms with Crippen LogP contribution in [0.5, 0.6) is 0 Å². The molecular weight excluding hydrogens is 242 g/mol. The molecule has 0 spiro atoms. The van der Waals surface area contributed by atoms with Crippen LogP contribution in [-0.2, 0) is 14.3 Å².